The number of rotatable bonds is 8. The van der Waals surface area contributed by atoms with E-state index in [1.54, 1.807) is 18.3 Å². The number of benzene rings is 2. The summed E-state index contributed by atoms with van der Waals surface area (Å²) in [6, 6.07) is 10.2. The highest BCUT2D eigenvalue weighted by molar-refractivity contribution is 7.89. The molecule has 2 aromatic heterocycles. The van der Waals surface area contributed by atoms with Gasteiger partial charge in [0.25, 0.3) is 0 Å². The zero-order valence-electron chi connectivity index (χ0n) is 20.9. The van der Waals surface area contributed by atoms with Crippen molar-refractivity contribution in [2.75, 3.05) is 18.4 Å². The third-order valence-electron chi connectivity index (χ3n) is 6.21. The molecule has 4 aromatic rings. The molecule has 10 nitrogen and oxygen atoms in total. The molecule has 0 unspecified atom stereocenters. The lowest BCUT2D eigenvalue weighted by atomic mass is 10.0. The van der Waals surface area contributed by atoms with Crippen LogP contribution >= 0.6 is 0 Å². The molecule has 5 rings (SSSR count). The first-order chi connectivity index (χ1) is 17.8. The van der Waals surface area contributed by atoms with E-state index in [2.05, 4.69) is 34.6 Å². The molecule has 0 radical (unpaired) electrons. The van der Waals surface area contributed by atoms with Gasteiger partial charge in [-0.3, -0.25) is 4.68 Å². The molecule has 0 saturated carbocycles. The molecule has 0 bridgehead atoms. The maximum atomic E-state index is 11.6. The molecule has 1 saturated heterocycles. The average molecular weight is 522 g/mol. The highest BCUT2D eigenvalue weighted by Crippen LogP contribution is 2.37. The Kier molecular flexibility index (Phi) is 7.09. The topological polar surface area (TPSA) is 137 Å². The van der Waals surface area contributed by atoms with Crippen molar-refractivity contribution in [1.82, 2.24) is 25.1 Å². The van der Waals surface area contributed by atoms with Crippen LogP contribution < -0.4 is 20.5 Å². The van der Waals surface area contributed by atoms with Gasteiger partial charge in [0.1, 0.15) is 11.6 Å². The molecule has 1 aliphatic rings. The van der Waals surface area contributed by atoms with Crippen molar-refractivity contribution in [3.63, 3.8) is 0 Å². The van der Waals surface area contributed by atoms with E-state index >= 15 is 0 Å². The smallest absolute Gasteiger partial charge is 0.238 e. The largest absolute Gasteiger partial charge is 0.487 e. The SMILES string of the molecule is CC(C)Cn1cc(-c2ccc3cnc(Nc4ccc(S(N)(=O)=O)cc4)nc3c2OC2CCNCC2)cn1. The van der Waals surface area contributed by atoms with Crippen molar-refractivity contribution >= 4 is 32.6 Å². The number of fused-ring (bicyclic) bond motifs is 1. The lowest BCUT2D eigenvalue weighted by Crippen LogP contribution is -2.34. The molecule has 37 heavy (non-hydrogen) atoms. The van der Waals surface area contributed by atoms with Crippen LogP contribution in [-0.2, 0) is 16.6 Å². The number of hydrogen-bond donors (Lipinski definition) is 3. The van der Waals surface area contributed by atoms with Crippen LogP contribution in [0.5, 0.6) is 5.75 Å². The number of aromatic nitrogens is 4. The first-order valence-electron chi connectivity index (χ1n) is 12.4. The Morgan fingerprint density at radius 1 is 1.14 bits per heavy atom. The number of ether oxygens (including phenoxy) is 1. The molecule has 2 aromatic carbocycles. The van der Waals surface area contributed by atoms with Crippen LogP contribution in [0.4, 0.5) is 11.6 Å². The molecule has 3 heterocycles. The van der Waals surface area contributed by atoms with Gasteiger partial charge < -0.3 is 15.4 Å². The standard InChI is InChI=1S/C26H31N7O3S/c1-17(2)15-33-16-19(14-30-33)23-8-3-18-13-29-26(31-20-4-6-22(7-5-20)37(27,34)35)32-24(18)25(23)36-21-9-11-28-12-10-21/h3-8,13-14,16-17,21,28H,9-12,15H2,1-2H3,(H2,27,34,35)(H,29,31,32). The van der Waals surface area contributed by atoms with Gasteiger partial charge in [0.05, 0.1) is 11.1 Å². The molecule has 0 amide bonds. The highest BCUT2D eigenvalue weighted by atomic mass is 32.2. The van der Waals surface area contributed by atoms with Crippen LogP contribution in [0.15, 0.2) is 59.9 Å². The Bertz CT molecular complexity index is 1490. The first-order valence-corrected chi connectivity index (χ1v) is 13.9. The summed E-state index contributed by atoms with van der Waals surface area (Å²) in [7, 11) is -3.76. The van der Waals surface area contributed by atoms with Crippen LogP contribution in [0.25, 0.3) is 22.0 Å². The van der Waals surface area contributed by atoms with Crippen LogP contribution in [0.2, 0.25) is 0 Å². The Labute approximate surface area is 216 Å². The van der Waals surface area contributed by atoms with Crippen molar-refractivity contribution in [3.8, 4) is 16.9 Å². The van der Waals surface area contributed by atoms with E-state index < -0.39 is 10.0 Å². The molecule has 194 valence electrons. The van der Waals surface area contributed by atoms with Gasteiger partial charge in [-0.2, -0.15) is 5.10 Å². The predicted octanol–water partition coefficient (Wildman–Crippen LogP) is 3.67. The van der Waals surface area contributed by atoms with Crippen molar-refractivity contribution in [2.24, 2.45) is 11.1 Å². The molecule has 1 fully saturated rings. The number of piperidine rings is 1. The molecule has 0 spiro atoms. The molecule has 1 aliphatic heterocycles. The van der Waals surface area contributed by atoms with Crippen molar-refractivity contribution in [3.05, 3.63) is 55.0 Å². The Balaban J connectivity index is 1.53. The monoisotopic (exact) mass is 521 g/mol. The van der Waals surface area contributed by atoms with Crippen LogP contribution in [-0.4, -0.2) is 47.4 Å². The van der Waals surface area contributed by atoms with Crippen LogP contribution in [0.3, 0.4) is 0 Å². The summed E-state index contributed by atoms with van der Waals surface area (Å²) in [6.07, 6.45) is 7.57. The van der Waals surface area contributed by atoms with Crippen molar-refractivity contribution in [1.29, 1.82) is 0 Å². The second-order valence-electron chi connectivity index (χ2n) is 9.68. The quantitative estimate of drug-likeness (QED) is 0.319. The molecule has 0 atom stereocenters. The van der Waals surface area contributed by atoms with E-state index in [9.17, 15) is 8.42 Å². The molecular weight excluding hydrogens is 490 g/mol. The fourth-order valence-corrected chi connectivity index (χ4v) is 4.91. The third-order valence-corrected chi connectivity index (χ3v) is 7.14. The van der Waals surface area contributed by atoms with Crippen LogP contribution in [0, 0.1) is 5.92 Å². The Hall–Kier alpha value is -3.54. The number of nitrogens with one attached hydrogen (secondary N) is 2. The molecular formula is C26H31N7O3S. The predicted molar refractivity (Wildman–Crippen MR) is 143 cm³/mol. The summed E-state index contributed by atoms with van der Waals surface area (Å²) in [4.78, 5) is 9.31. The summed E-state index contributed by atoms with van der Waals surface area (Å²) < 4.78 is 31.7. The Morgan fingerprint density at radius 3 is 2.59 bits per heavy atom. The van der Waals surface area contributed by atoms with E-state index in [0.29, 0.717) is 28.8 Å². The molecule has 0 aliphatic carbocycles. The second kappa shape index (κ2) is 10.4. The van der Waals surface area contributed by atoms with Gasteiger partial charge in [0.15, 0.2) is 5.75 Å². The zero-order chi connectivity index (χ0) is 26.0. The van der Waals surface area contributed by atoms with E-state index in [0.717, 1.165) is 49.0 Å². The number of anilines is 2. The summed E-state index contributed by atoms with van der Waals surface area (Å²) in [6.45, 7) is 6.98. The normalized spacial score (nSPS) is 14.8. The van der Waals surface area contributed by atoms with Gasteiger partial charge in [0, 0.05) is 41.1 Å². The van der Waals surface area contributed by atoms with E-state index in [4.69, 9.17) is 14.9 Å². The minimum absolute atomic E-state index is 0.0396. The molecule has 4 N–H and O–H groups in total. The highest BCUT2D eigenvalue weighted by Gasteiger charge is 2.21. The van der Waals surface area contributed by atoms with Gasteiger partial charge in [-0.1, -0.05) is 19.9 Å². The summed E-state index contributed by atoms with van der Waals surface area (Å²) >= 11 is 0. The zero-order valence-corrected chi connectivity index (χ0v) is 21.7. The van der Waals surface area contributed by atoms with Gasteiger partial charge in [-0.25, -0.2) is 23.5 Å². The van der Waals surface area contributed by atoms with Gasteiger partial charge in [-0.05, 0) is 62.2 Å². The van der Waals surface area contributed by atoms with Crippen LogP contribution in [0.1, 0.15) is 26.7 Å². The fraction of sp³-hybridized carbons (Fsp3) is 0.346. The minimum atomic E-state index is -3.76. The van der Waals surface area contributed by atoms with E-state index in [1.165, 1.54) is 12.1 Å². The number of nitrogens with two attached hydrogens (primary N) is 1. The first kappa shape index (κ1) is 25.1. The van der Waals surface area contributed by atoms with E-state index in [-0.39, 0.29) is 11.0 Å². The summed E-state index contributed by atoms with van der Waals surface area (Å²) in [5.41, 5.74) is 3.24. The summed E-state index contributed by atoms with van der Waals surface area (Å²) in [5, 5.41) is 17.1. The Morgan fingerprint density at radius 2 is 1.89 bits per heavy atom. The van der Waals surface area contributed by atoms with Crippen molar-refractivity contribution < 1.29 is 13.2 Å². The summed E-state index contributed by atoms with van der Waals surface area (Å²) in [5.74, 6) is 1.57. The van der Waals surface area contributed by atoms with Crippen molar-refractivity contribution in [2.45, 2.75) is 44.2 Å². The number of primary sulfonamides is 1. The van der Waals surface area contributed by atoms with Gasteiger partial charge in [-0.15, -0.1) is 0 Å². The van der Waals surface area contributed by atoms with Gasteiger partial charge in [0.2, 0.25) is 16.0 Å². The minimum Gasteiger partial charge on any atom is -0.487 e. The maximum Gasteiger partial charge on any atom is 0.238 e. The number of hydrogen-bond acceptors (Lipinski definition) is 8. The fourth-order valence-electron chi connectivity index (χ4n) is 4.39. The lowest BCUT2D eigenvalue weighted by Gasteiger charge is -2.25. The van der Waals surface area contributed by atoms with Gasteiger partial charge >= 0.3 is 0 Å². The third kappa shape index (κ3) is 5.90. The average Bonchev–Trinajstić information content (AvgIpc) is 3.32. The number of nitrogens with zero attached hydrogens (tertiary/aromatic N) is 4. The number of sulfonamides is 1. The second-order valence-corrected chi connectivity index (χ2v) is 11.2. The molecule has 11 heteroatoms. The lowest BCUT2D eigenvalue weighted by molar-refractivity contribution is 0.165. The van der Waals surface area contributed by atoms with E-state index in [1.807, 2.05) is 29.2 Å². The maximum absolute atomic E-state index is 11.6.